The molecule has 2 atom stereocenters. The predicted molar refractivity (Wildman–Crippen MR) is 191 cm³/mol. The monoisotopic (exact) mass is 726 g/mol. The number of hydrogen-bond acceptors (Lipinski definition) is 9. The lowest BCUT2D eigenvalue weighted by Gasteiger charge is -2.33. The minimum Gasteiger partial charge on any atom is -0.493 e. The molecular formula is C37H42Cl2N3O6S+. The number of piperidine rings is 1. The minimum absolute atomic E-state index is 0.0901. The number of benzene rings is 2. The molecular weight excluding hydrogens is 685 g/mol. The number of aromatic nitrogens is 1. The highest BCUT2D eigenvalue weighted by molar-refractivity contribution is 7.13. The van der Waals surface area contributed by atoms with Crippen molar-refractivity contribution < 1.29 is 33.5 Å². The number of hydrogen-bond donors (Lipinski definition) is 1. The zero-order valence-electron chi connectivity index (χ0n) is 28.1. The third-order valence-corrected chi connectivity index (χ3v) is 10.6. The van der Waals surface area contributed by atoms with Crippen LogP contribution in [0.3, 0.4) is 0 Å². The number of thiophene rings is 1. The number of nitrogens with zero attached hydrogens (tertiary/aromatic N) is 1. The largest absolute Gasteiger partial charge is 0.493 e. The van der Waals surface area contributed by atoms with E-state index in [0.29, 0.717) is 50.6 Å². The highest BCUT2D eigenvalue weighted by Gasteiger charge is 2.38. The summed E-state index contributed by atoms with van der Waals surface area (Å²) in [6, 6.07) is 18.7. The number of nitrogens with one attached hydrogen (secondary N) is 2. The maximum atomic E-state index is 13.7. The Bertz CT molecular complexity index is 1710. The van der Waals surface area contributed by atoms with Crippen LogP contribution in [-0.2, 0) is 32.6 Å². The number of likely N-dealkylation sites (tertiary alicyclic amines) is 1. The Hall–Kier alpha value is -3.67. The molecule has 260 valence electrons. The molecule has 1 fully saturated rings. The number of aromatic amines is 1. The van der Waals surface area contributed by atoms with Crippen molar-refractivity contribution in [1.82, 2.24) is 10.2 Å². The van der Waals surface area contributed by atoms with E-state index >= 15 is 0 Å². The molecule has 1 aliphatic rings. The topological polar surface area (TPSA) is 100 Å². The van der Waals surface area contributed by atoms with Crippen molar-refractivity contribution in [2.24, 2.45) is 0 Å². The minimum atomic E-state index is -0.895. The first-order valence-electron chi connectivity index (χ1n) is 16.1. The van der Waals surface area contributed by atoms with Gasteiger partial charge in [0.1, 0.15) is 32.5 Å². The summed E-state index contributed by atoms with van der Waals surface area (Å²) in [6.07, 6.45) is 4.33. The van der Waals surface area contributed by atoms with E-state index in [2.05, 4.69) is 22.2 Å². The third kappa shape index (κ3) is 9.12. The van der Waals surface area contributed by atoms with Crippen LogP contribution < -0.4 is 19.8 Å². The van der Waals surface area contributed by atoms with Crippen molar-refractivity contribution in [3.8, 4) is 11.5 Å². The van der Waals surface area contributed by atoms with Crippen molar-refractivity contribution in [1.29, 1.82) is 0 Å². The number of esters is 2. The summed E-state index contributed by atoms with van der Waals surface area (Å²) in [7, 11) is 5.19. The molecule has 0 radical (unpaired) electrons. The Kier molecular flexibility index (Phi) is 12.6. The number of rotatable bonds is 14. The highest BCUT2D eigenvalue weighted by atomic mass is 35.5. The van der Waals surface area contributed by atoms with Gasteiger partial charge in [-0.2, -0.15) is 0 Å². The summed E-state index contributed by atoms with van der Waals surface area (Å²) in [6.45, 7) is 4.54. The number of ether oxygens (including phenoxy) is 4. The van der Waals surface area contributed by atoms with E-state index in [-0.39, 0.29) is 18.5 Å². The summed E-state index contributed by atoms with van der Waals surface area (Å²) in [4.78, 5) is 33.7. The van der Waals surface area contributed by atoms with Gasteiger partial charge in [-0.3, -0.25) is 4.79 Å². The third-order valence-electron chi connectivity index (χ3n) is 8.86. The Balaban J connectivity index is 1.28. The number of methoxy groups -OCH3 is 2. The Morgan fingerprint density at radius 2 is 1.69 bits per heavy atom. The molecule has 0 spiro atoms. The van der Waals surface area contributed by atoms with Gasteiger partial charge in [0.2, 0.25) is 0 Å². The molecule has 5 rings (SSSR count). The normalized spacial score (nSPS) is 15.6. The van der Waals surface area contributed by atoms with Gasteiger partial charge < -0.3 is 29.2 Å². The molecule has 3 heterocycles. The van der Waals surface area contributed by atoms with E-state index < -0.39 is 17.5 Å². The predicted octanol–water partition coefficient (Wildman–Crippen LogP) is 6.71. The maximum absolute atomic E-state index is 13.7. The van der Waals surface area contributed by atoms with Gasteiger partial charge in [-0.05, 0) is 62.2 Å². The second-order valence-corrected chi connectivity index (χ2v) is 14.3. The lowest BCUT2D eigenvalue weighted by Crippen LogP contribution is -2.46. The number of carbonyl (C=O) groups is 2. The smallest absolute Gasteiger partial charge is 0.348 e. The van der Waals surface area contributed by atoms with Gasteiger partial charge in [0.05, 0.1) is 14.2 Å². The molecule has 2 aromatic heterocycles. The second kappa shape index (κ2) is 16.8. The fourth-order valence-electron chi connectivity index (χ4n) is 5.83. The van der Waals surface area contributed by atoms with E-state index in [1.165, 1.54) is 11.3 Å². The van der Waals surface area contributed by atoms with Gasteiger partial charge in [0, 0.05) is 43.0 Å². The van der Waals surface area contributed by atoms with Crippen LogP contribution in [0.5, 0.6) is 11.5 Å². The van der Waals surface area contributed by atoms with Crippen LogP contribution >= 0.6 is 34.5 Å². The number of pyridine rings is 1. The SMILES string of the molecule is COc1ccc([C@H](Cc2c(Cl)c[nH+]cc2Cl)OC(=O)c2ccc(CNCC(C)(C(=O)OC3CCN(C)CC3)c3ccccc3)s2)cc1OC. The molecule has 0 aliphatic carbocycles. The fourth-order valence-corrected chi connectivity index (χ4v) is 7.22. The maximum Gasteiger partial charge on any atom is 0.348 e. The van der Waals surface area contributed by atoms with Crippen molar-refractivity contribution in [2.75, 3.05) is 40.9 Å². The number of H-pyrrole nitrogens is 1. The molecule has 1 unspecified atom stereocenters. The van der Waals surface area contributed by atoms with E-state index in [0.717, 1.165) is 36.4 Å². The summed E-state index contributed by atoms with van der Waals surface area (Å²) in [5.74, 6) is 0.327. The van der Waals surface area contributed by atoms with E-state index in [9.17, 15) is 9.59 Å². The molecule has 0 amide bonds. The highest BCUT2D eigenvalue weighted by Crippen LogP contribution is 2.36. The van der Waals surface area contributed by atoms with Crippen molar-refractivity contribution >= 4 is 46.5 Å². The average Bonchev–Trinajstić information content (AvgIpc) is 3.59. The first kappa shape index (κ1) is 36.6. The van der Waals surface area contributed by atoms with Crippen molar-refractivity contribution in [3.63, 3.8) is 0 Å². The molecule has 2 aromatic carbocycles. The molecule has 9 nitrogen and oxygen atoms in total. The number of halogens is 2. The van der Waals surface area contributed by atoms with Crippen LogP contribution in [0.1, 0.15) is 57.1 Å². The molecule has 49 heavy (non-hydrogen) atoms. The number of carbonyl (C=O) groups excluding carboxylic acids is 2. The second-order valence-electron chi connectivity index (χ2n) is 12.3. The van der Waals surface area contributed by atoms with Gasteiger partial charge in [-0.25, -0.2) is 9.78 Å². The zero-order chi connectivity index (χ0) is 35.0. The van der Waals surface area contributed by atoms with Crippen molar-refractivity contribution in [2.45, 2.75) is 50.4 Å². The van der Waals surface area contributed by atoms with Crippen LogP contribution in [0.4, 0.5) is 0 Å². The van der Waals surface area contributed by atoms with Gasteiger partial charge >= 0.3 is 11.9 Å². The van der Waals surface area contributed by atoms with E-state index in [4.69, 9.17) is 42.1 Å². The van der Waals surface area contributed by atoms with Crippen LogP contribution in [-0.4, -0.2) is 63.8 Å². The lowest BCUT2D eigenvalue weighted by atomic mass is 9.82. The molecule has 1 aliphatic heterocycles. The standard InChI is InChI=1S/C37H41Cl2N3O6S/c1-37(25-8-6-5-7-9-25,36(44)47-26-14-16-42(2)17-15-26)23-41-20-27-11-13-34(49-27)35(43)48-32(19-28-29(38)21-40-22-30(28)39)24-10-12-31(45-3)33(18-24)46-4/h5-13,18,21-22,26,32,41H,14-17,19-20,23H2,1-4H3/p+1/t32-,37?/m0/s1. The first-order valence-corrected chi connectivity index (χ1v) is 17.7. The van der Waals surface area contributed by atoms with Crippen LogP contribution in [0.2, 0.25) is 10.0 Å². The fraction of sp³-hybridized carbons (Fsp3) is 0.378. The first-order chi connectivity index (χ1) is 23.6. The average molecular weight is 728 g/mol. The lowest BCUT2D eigenvalue weighted by molar-refractivity contribution is -0.377. The van der Waals surface area contributed by atoms with Gasteiger partial charge in [0.15, 0.2) is 23.9 Å². The molecule has 1 saturated heterocycles. The molecule has 2 N–H and O–H groups in total. The van der Waals surface area contributed by atoms with Gasteiger partial charge in [-0.15, -0.1) is 11.3 Å². The van der Waals surface area contributed by atoms with E-state index in [1.807, 2.05) is 49.4 Å². The summed E-state index contributed by atoms with van der Waals surface area (Å²) in [5, 5.41) is 4.30. The molecule has 0 saturated carbocycles. The Labute approximate surface area is 301 Å². The van der Waals surface area contributed by atoms with Crippen LogP contribution in [0.25, 0.3) is 0 Å². The quantitative estimate of drug-likeness (QED) is 0.143. The van der Waals surface area contributed by atoms with Gasteiger partial charge in [0.25, 0.3) is 0 Å². The molecule has 4 aromatic rings. The zero-order valence-corrected chi connectivity index (χ0v) is 30.4. The molecule has 0 bridgehead atoms. The van der Waals surface area contributed by atoms with Crippen molar-refractivity contribution in [3.05, 3.63) is 110 Å². The summed E-state index contributed by atoms with van der Waals surface area (Å²) in [5.41, 5.74) is 1.32. The molecule has 12 heteroatoms. The van der Waals surface area contributed by atoms with E-state index in [1.54, 1.807) is 44.8 Å². The Morgan fingerprint density at radius 3 is 2.37 bits per heavy atom. The van der Waals surface area contributed by atoms with Crippen LogP contribution in [0.15, 0.2) is 73.1 Å². The van der Waals surface area contributed by atoms with Gasteiger partial charge in [-0.1, -0.05) is 59.6 Å². The van der Waals surface area contributed by atoms with Crippen LogP contribution in [0, 0.1) is 0 Å². The Morgan fingerprint density at radius 1 is 1.00 bits per heavy atom. The summed E-state index contributed by atoms with van der Waals surface area (Å²) >= 11 is 14.3. The summed E-state index contributed by atoms with van der Waals surface area (Å²) < 4.78 is 23.1.